The van der Waals surface area contributed by atoms with Crippen LogP contribution in [0.4, 0.5) is 0 Å². The van der Waals surface area contributed by atoms with Crippen LogP contribution in [0.5, 0.6) is 0 Å². The summed E-state index contributed by atoms with van der Waals surface area (Å²) in [6.07, 6.45) is 5.47. The molecule has 0 aromatic carbocycles. The van der Waals surface area contributed by atoms with Crippen LogP contribution in [0.2, 0.25) is 0 Å². The quantitative estimate of drug-likeness (QED) is 0.311. The molecule has 3 N–H and O–H groups in total. The van der Waals surface area contributed by atoms with Gasteiger partial charge >= 0.3 is 0 Å². The lowest BCUT2D eigenvalue weighted by atomic mass is 10.0. The lowest BCUT2D eigenvalue weighted by molar-refractivity contribution is -0.688. The highest BCUT2D eigenvalue weighted by Crippen LogP contribution is 2.39. The fourth-order valence-corrected chi connectivity index (χ4v) is 4.58. The van der Waals surface area contributed by atoms with E-state index in [0.717, 1.165) is 11.2 Å². The van der Waals surface area contributed by atoms with Crippen molar-refractivity contribution in [2.24, 2.45) is 5.73 Å². The number of hydrogen-bond donors (Lipinski definition) is 2. The number of aromatic nitrogens is 2. The minimum Gasteiger partial charge on any atom is -0.543 e. The molecule has 0 aliphatic carbocycles. The van der Waals surface area contributed by atoms with Crippen molar-refractivity contribution in [1.82, 2.24) is 9.30 Å². The maximum Gasteiger partial charge on any atom is 0.248 e. The van der Waals surface area contributed by atoms with E-state index in [1.807, 2.05) is 33.5 Å². The van der Waals surface area contributed by atoms with E-state index in [-0.39, 0.29) is 47.6 Å². The SMILES string of the molecule is I.NC1C(=O)N2C(C(=O)[O-])=C(C[n+]3ccn4c(CO)ccc4c3)CS[C@H]12. The number of fused-ring (bicyclic) bond motifs is 2. The van der Waals surface area contributed by atoms with Gasteiger partial charge in [-0.2, -0.15) is 4.57 Å². The fraction of sp³-hybridized carbons (Fsp3) is 0.312. The van der Waals surface area contributed by atoms with E-state index in [0.29, 0.717) is 17.9 Å². The maximum absolute atomic E-state index is 11.9. The first-order chi connectivity index (χ1) is 12.0. The van der Waals surface area contributed by atoms with E-state index in [2.05, 4.69) is 0 Å². The zero-order valence-electron chi connectivity index (χ0n) is 13.6. The number of hydrogen-bond acceptors (Lipinski definition) is 6. The number of thioether (sulfide) groups is 1. The van der Waals surface area contributed by atoms with E-state index < -0.39 is 12.0 Å². The highest BCUT2D eigenvalue weighted by Gasteiger charge is 2.50. The van der Waals surface area contributed by atoms with E-state index in [9.17, 15) is 19.8 Å². The summed E-state index contributed by atoms with van der Waals surface area (Å²) in [6.45, 7) is 0.270. The van der Waals surface area contributed by atoms with Gasteiger partial charge in [0.25, 0.3) is 0 Å². The Morgan fingerprint density at radius 1 is 1.46 bits per heavy atom. The molecule has 26 heavy (non-hydrogen) atoms. The normalized spacial score (nSPS) is 22.1. The van der Waals surface area contributed by atoms with Crippen molar-refractivity contribution in [3.05, 3.63) is 47.7 Å². The van der Waals surface area contributed by atoms with Crippen LogP contribution in [0, 0.1) is 0 Å². The summed E-state index contributed by atoms with van der Waals surface area (Å²) in [5.74, 6) is -1.26. The minimum atomic E-state index is -1.35. The molecule has 2 atom stereocenters. The van der Waals surface area contributed by atoms with Crippen LogP contribution >= 0.6 is 35.7 Å². The lowest BCUT2D eigenvalue weighted by Gasteiger charge is -2.49. The first-order valence-electron chi connectivity index (χ1n) is 7.75. The molecule has 0 saturated carbocycles. The molecule has 10 heteroatoms. The third-order valence-corrected chi connectivity index (χ3v) is 5.92. The lowest BCUT2D eigenvalue weighted by Crippen LogP contribution is -2.69. The van der Waals surface area contributed by atoms with Crippen LogP contribution in [0.15, 0.2) is 42.0 Å². The third-order valence-electron chi connectivity index (χ3n) is 4.56. The van der Waals surface area contributed by atoms with Gasteiger partial charge in [0.1, 0.15) is 16.9 Å². The molecule has 2 aliphatic rings. The number of amides is 1. The van der Waals surface area contributed by atoms with Crippen molar-refractivity contribution in [3.63, 3.8) is 0 Å². The van der Waals surface area contributed by atoms with E-state index in [1.165, 1.54) is 16.7 Å². The molecule has 1 amide bonds. The van der Waals surface area contributed by atoms with Crippen LogP contribution in [-0.2, 0) is 22.7 Å². The Morgan fingerprint density at radius 2 is 2.23 bits per heavy atom. The molecule has 0 bridgehead atoms. The number of nitrogens with two attached hydrogens (primary N) is 1. The Kier molecular flexibility index (Phi) is 5.28. The summed E-state index contributed by atoms with van der Waals surface area (Å²) >= 11 is 1.46. The molecule has 4 rings (SSSR count). The Labute approximate surface area is 170 Å². The molecule has 1 fully saturated rings. The summed E-state index contributed by atoms with van der Waals surface area (Å²) in [7, 11) is 0. The van der Waals surface area contributed by atoms with Crippen molar-refractivity contribution in [3.8, 4) is 0 Å². The number of rotatable bonds is 4. The van der Waals surface area contributed by atoms with Gasteiger partial charge in [0.05, 0.1) is 24.5 Å². The Morgan fingerprint density at radius 3 is 2.92 bits per heavy atom. The van der Waals surface area contributed by atoms with Crippen LogP contribution < -0.4 is 15.4 Å². The van der Waals surface area contributed by atoms with E-state index in [1.54, 1.807) is 6.20 Å². The van der Waals surface area contributed by atoms with Crippen LogP contribution in [0.1, 0.15) is 5.69 Å². The van der Waals surface area contributed by atoms with Gasteiger partial charge in [-0.3, -0.25) is 9.69 Å². The highest BCUT2D eigenvalue weighted by atomic mass is 127. The molecule has 1 unspecified atom stereocenters. The van der Waals surface area contributed by atoms with Gasteiger partial charge in [0, 0.05) is 17.0 Å². The minimum absolute atomic E-state index is 0. The van der Waals surface area contributed by atoms with Crippen LogP contribution in [-0.4, -0.2) is 43.5 Å². The molecule has 0 spiro atoms. The summed E-state index contributed by atoms with van der Waals surface area (Å²) in [5, 5.41) is 20.6. The summed E-state index contributed by atoms with van der Waals surface area (Å²) < 4.78 is 3.70. The fourth-order valence-electron chi connectivity index (χ4n) is 3.30. The number of carbonyl (C=O) groups is 2. The summed E-state index contributed by atoms with van der Waals surface area (Å²) in [4.78, 5) is 24.8. The van der Waals surface area contributed by atoms with Gasteiger partial charge in [-0.05, 0) is 12.1 Å². The molecule has 2 aromatic rings. The Hall–Kier alpha value is -1.63. The number of β-lactam (4-membered cyclic amide) rings is 1. The molecular formula is C16H17IN4O4S. The Balaban J connectivity index is 0.00000196. The second kappa shape index (κ2) is 7.18. The van der Waals surface area contributed by atoms with Crippen molar-refractivity contribution in [1.29, 1.82) is 0 Å². The number of aliphatic hydroxyl groups is 1. The van der Waals surface area contributed by atoms with Gasteiger partial charge in [-0.1, -0.05) is 0 Å². The number of carbonyl (C=O) groups excluding carboxylic acids is 2. The second-order valence-corrected chi connectivity index (χ2v) is 7.16. The monoisotopic (exact) mass is 488 g/mol. The van der Waals surface area contributed by atoms with Crippen molar-refractivity contribution >= 4 is 53.1 Å². The topological polar surface area (TPSA) is 115 Å². The molecule has 8 nitrogen and oxygen atoms in total. The first kappa shape index (κ1) is 19.1. The van der Waals surface area contributed by atoms with Crippen molar-refractivity contribution in [2.75, 3.05) is 5.75 Å². The smallest absolute Gasteiger partial charge is 0.248 e. The second-order valence-electron chi connectivity index (χ2n) is 6.05. The first-order valence-corrected chi connectivity index (χ1v) is 8.79. The number of halogens is 1. The van der Waals surface area contributed by atoms with Gasteiger partial charge in [0.2, 0.25) is 5.91 Å². The zero-order valence-corrected chi connectivity index (χ0v) is 16.7. The van der Waals surface area contributed by atoms with Crippen molar-refractivity contribution in [2.45, 2.75) is 24.6 Å². The molecular weight excluding hydrogens is 471 g/mol. The van der Waals surface area contributed by atoms with E-state index in [4.69, 9.17) is 5.73 Å². The molecule has 2 aromatic heterocycles. The number of carboxylic acids is 1. The van der Waals surface area contributed by atoms with Crippen LogP contribution in [0.25, 0.3) is 5.52 Å². The average Bonchev–Trinajstić information content (AvgIpc) is 3.02. The predicted octanol–water partition coefficient (Wildman–Crippen LogP) is -1.42. The third kappa shape index (κ3) is 2.90. The molecule has 4 heterocycles. The largest absolute Gasteiger partial charge is 0.543 e. The average molecular weight is 488 g/mol. The molecule has 0 radical (unpaired) electrons. The van der Waals surface area contributed by atoms with Gasteiger partial charge < -0.3 is 25.1 Å². The number of carboxylic acid groups (broad SMARTS) is 1. The summed E-state index contributed by atoms with van der Waals surface area (Å²) in [6, 6.07) is 3.05. The van der Waals surface area contributed by atoms with Crippen LogP contribution in [0.3, 0.4) is 0 Å². The standard InChI is InChI=1S/C16H16N4O4S.HI/c17-12-14(22)20-13(16(23)24)9(8-25-15(12)20)5-18-3-4-19-10(6-18)1-2-11(19)7-21;/h1-4,6,12,15,21H,5,7-8,17H2;1H/t12?,15-;/m1./s1. The zero-order chi connectivity index (χ0) is 17.7. The predicted molar refractivity (Wildman–Crippen MR) is 102 cm³/mol. The van der Waals surface area contributed by atoms with Gasteiger partial charge in [0.15, 0.2) is 18.9 Å². The molecule has 2 aliphatic heterocycles. The van der Waals surface area contributed by atoms with E-state index >= 15 is 0 Å². The van der Waals surface area contributed by atoms with Gasteiger partial charge in [-0.15, -0.1) is 35.7 Å². The number of aliphatic hydroxyl groups excluding tert-OH is 1. The summed E-state index contributed by atoms with van der Waals surface area (Å²) in [5.41, 5.74) is 7.94. The maximum atomic E-state index is 11.9. The molecule has 138 valence electrons. The number of aliphatic carboxylic acids is 1. The van der Waals surface area contributed by atoms with Gasteiger partial charge in [-0.25, -0.2) is 0 Å². The number of nitrogens with zero attached hydrogens (tertiary/aromatic N) is 3. The Bertz CT molecular complexity index is 928. The highest BCUT2D eigenvalue weighted by molar-refractivity contribution is 14.0. The molecule has 1 saturated heterocycles. The van der Waals surface area contributed by atoms with Crippen molar-refractivity contribution < 1.29 is 24.4 Å².